The highest BCUT2D eigenvalue weighted by molar-refractivity contribution is 6.31. The van der Waals surface area contributed by atoms with Gasteiger partial charge in [-0.15, -0.1) is 0 Å². The number of hydrogen-bond acceptors (Lipinski definition) is 4. The Morgan fingerprint density at radius 3 is 2.55 bits per heavy atom. The van der Waals surface area contributed by atoms with E-state index >= 15 is 0 Å². The zero-order chi connectivity index (χ0) is 15.3. The van der Waals surface area contributed by atoms with Crippen molar-refractivity contribution in [3.05, 3.63) is 33.3 Å². The molecule has 0 saturated carbocycles. The summed E-state index contributed by atoms with van der Waals surface area (Å²) in [6.45, 7) is 3.45. The van der Waals surface area contributed by atoms with E-state index in [1.54, 1.807) is 13.8 Å². The van der Waals surface area contributed by atoms with Crippen LogP contribution < -0.4 is 5.32 Å². The van der Waals surface area contributed by atoms with E-state index in [0.29, 0.717) is 12.8 Å². The smallest absolute Gasteiger partial charge is 0.294 e. The van der Waals surface area contributed by atoms with E-state index in [1.165, 1.54) is 12.1 Å². The number of benzene rings is 1. The number of nitro groups is 1. The molecular weight excluding hydrogens is 282 g/mol. The van der Waals surface area contributed by atoms with Gasteiger partial charge in [0.1, 0.15) is 11.1 Å². The van der Waals surface area contributed by atoms with Gasteiger partial charge in [-0.05, 0) is 25.0 Å². The minimum Gasteiger partial charge on any atom is -0.319 e. The van der Waals surface area contributed by atoms with Crippen molar-refractivity contribution in [3.8, 4) is 6.07 Å². The summed E-state index contributed by atoms with van der Waals surface area (Å²) < 4.78 is 0. The Balaban J connectivity index is 3.14. The zero-order valence-corrected chi connectivity index (χ0v) is 11.9. The SMILES string of the molecule is CCC(C#N)(CC)C(=O)Nc1ccc(Cl)cc1[N+](=O)[O-]. The lowest BCUT2D eigenvalue weighted by molar-refractivity contribution is -0.383. The number of nitro benzene ring substituents is 1. The van der Waals surface area contributed by atoms with Crippen LogP contribution in [0.25, 0.3) is 0 Å². The molecule has 0 radical (unpaired) electrons. The van der Waals surface area contributed by atoms with Gasteiger partial charge in [0.2, 0.25) is 5.91 Å². The second-order valence-electron chi connectivity index (χ2n) is 4.27. The number of rotatable bonds is 5. The number of nitriles is 1. The summed E-state index contributed by atoms with van der Waals surface area (Å²) >= 11 is 5.70. The van der Waals surface area contributed by atoms with E-state index in [1.807, 2.05) is 6.07 Å². The molecule has 0 spiro atoms. The van der Waals surface area contributed by atoms with Gasteiger partial charge in [0, 0.05) is 11.1 Å². The molecule has 0 fully saturated rings. The molecule has 1 rings (SSSR count). The monoisotopic (exact) mass is 295 g/mol. The van der Waals surface area contributed by atoms with Crippen LogP contribution in [0, 0.1) is 26.9 Å². The highest BCUT2D eigenvalue weighted by Gasteiger charge is 2.36. The molecule has 0 atom stereocenters. The van der Waals surface area contributed by atoms with Crippen LogP contribution in [0.4, 0.5) is 11.4 Å². The average Bonchev–Trinajstić information content (AvgIpc) is 2.43. The van der Waals surface area contributed by atoms with Gasteiger partial charge in [0.15, 0.2) is 0 Å². The standard InChI is InChI=1S/C13H14ClN3O3/c1-3-13(4-2,8-15)12(18)16-10-6-5-9(14)7-11(10)17(19)20/h5-7H,3-4H2,1-2H3,(H,16,18). The Kier molecular flexibility index (Phi) is 5.06. The first-order valence-corrected chi connectivity index (χ1v) is 6.44. The van der Waals surface area contributed by atoms with E-state index in [-0.39, 0.29) is 16.4 Å². The van der Waals surface area contributed by atoms with Gasteiger partial charge in [-0.2, -0.15) is 5.26 Å². The summed E-state index contributed by atoms with van der Waals surface area (Å²) in [4.78, 5) is 22.5. The molecule has 1 amide bonds. The third kappa shape index (κ3) is 3.06. The van der Waals surface area contributed by atoms with E-state index in [0.717, 1.165) is 6.07 Å². The molecule has 6 nitrogen and oxygen atoms in total. The molecule has 0 unspecified atom stereocenters. The molecule has 0 bridgehead atoms. The van der Waals surface area contributed by atoms with Crippen LogP contribution in [0.3, 0.4) is 0 Å². The van der Waals surface area contributed by atoms with Gasteiger partial charge in [0.25, 0.3) is 5.69 Å². The molecule has 0 aliphatic carbocycles. The Hall–Kier alpha value is -2.13. The molecule has 0 aromatic heterocycles. The fourth-order valence-electron chi connectivity index (χ4n) is 1.78. The quantitative estimate of drug-likeness (QED) is 0.664. The number of carbonyl (C=O) groups excluding carboxylic acids is 1. The van der Waals surface area contributed by atoms with Crippen LogP contribution in [0.1, 0.15) is 26.7 Å². The number of halogens is 1. The summed E-state index contributed by atoms with van der Waals surface area (Å²) in [6.07, 6.45) is 0.653. The van der Waals surface area contributed by atoms with Crippen molar-refractivity contribution in [3.63, 3.8) is 0 Å². The first-order valence-electron chi connectivity index (χ1n) is 6.06. The molecule has 0 heterocycles. The van der Waals surface area contributed by atoms with E-state index in [9.17, 15) is 20.2 Å². The molecule has 1 aromatic rings. The highest BCUT2D eigenvalue weighted by atomic mass is 35.5. The average molecular weight is 296 g/mol. The maximum absolute atomic E-state index is 12.2. The van der Waals surface area contributed by atoms with Crippen molar-refractivity contribution in [2.75, 3.05) is 5.32 Å². The van der Waals surface area contributed by atoms with Gasteiger partial charge in [-0.1, -0.05) is 25.4 Å². The minimum absolute atomic E-state index is 0.0333. The van der Waals surface area contributed by atoms with Crippen molar-refractivity contribution in [2.24, 2.45) is 5.41 Å². The third-order valence-corrected chi connectivity index (χ3v) is 3.50. The van der Waals surface area contributed by atoms with Crippen LogP contribution in [0.15, 0.2) is 18.2 Å². The molecule has 106 valence electrons. The molecule has 0 aliphatic rings. The largest absolute Gasteiger partial charge is 0.319 e. The Labute approximate surface area is 121 Å². The molecule has 0 saturated heterocycles. The van der Waals surface area contributed by atoms with Crippen molar-refractivity contribution < 1.29 is 9.72 Å². The summed E-state index contributed by atoms with van der Waals surface area (Å²) in [7, 11) is 0. The molecule has 1 aromatic carbocycles. The number of nitrogens with zero attached hydrogens (tertiary/aromatic N) is 2. The lowest BCUT2D eigenvalue weighted by Gasteiger charge is -2.22. The molecule has 20 heavy (non-hydrogen) atoms. The van der Waals surface area contributed by atoms with Gasteiger partial charge in [-0.25, -0.2) is 0 Å². The maximum atomic E-state index is 12.2. The summed E-state index contributed by atoms with van der Waals surface area (Å²) in [5.41, 5.74) is -1.45. The van der Waals surface area contributed by atoms with Crippen LogP contribution in [0.5, 0.6) is 0 Å². The van der Waals surface area contributed by atoms with Crippen LogP contribution in [-0.2, 0) is 4.79 Å². The van der Waals surface area contributed by atoms with Crippen molar-refractivity contribution in [1.29, 1.82) is 5.26 Å². The van der Waals surface area contributed by atoms with Crippen molar-refractivity contribution in [1.82, 2.24) is 0 Å². The summed E-state index contributed by atoms with van der Waals surface area (Å²) in [5.74, 6) is -0.546. The highest BCUT2D eigenvalue weighted by Crippen LogP contribution is 2.31. The first kappa shape index (κ1) is 15.9. The second-order valence-corrected chi connectivity index (χ2v) is 4.71. The zero-order valence-electron chi connectivity index (χ0n) is 11.1. The second kappa shape index (κ2) is 6.35. The third-order valence-electron chi connectivity index (χ3n) is 3.26. The van der Waals surface area contributed by atoms with Gasteiger partial charge < -0.3 is 5.32 Å². The van der Waals surface area contributed by atoms with Crippen LogP contribution in [-0.4, -0.2) is 10.8 Å². The van der Waals surface area contributed by atoms with E-state index in [2.05, 4.69) is 5.32 Å². The summed E-state index contributed by atoms with van der Waals surface area (Å²) in [6, 6.07) is 5.94. The predicted molar refractivity (Wildman–Crippen MR) is 75.4 cm³/mol. The fourth-order valence-corrected chi connectivity index (χ4v) is 1.95. The predicted octanol–water partition coefficient (Wildman–Crippen LogP) is 3.52. The number of hydrogen-bond donors (Lipinski definition) is 1. The lowest BCUT2D eigenvalue weighted by atomic mass is 9.83. The molecular formula is C13H14ClN3O3. The van der Waals surface area contributed by atoms with Crippen molar-refractivity contribution >= 4 is 28.9 Å². The van der Waals surface area contributed by atoms with Gasteiger partial charge in [0.05, 0.1) is 11.0 Å². The number of carbonyl (C=O) groups is 1. The maximum Gasteiger partial charge on any atom is 0.294 e. The van der Waals surface area contributed by atoms with Gasteiger partial charge >= 0.3 is 0 Å². The van der Waals surface area contributed by atoms with Crippen molar-refractivity contribution in [2.45, 2.75) is 26.7 Å². The number of nitrogens with one attached hydrogen (secondary N) is 1. The Bertz CT molecular complexity index is 577. The van der Waals surface area contributed by atoms with E-state index in [4.69, 9.17) is 11.6 Å². The first-order chi connectivity index (χ1) is 9.40. The lowest BCUT2D eigenvalue weighted by Crippen LogP contribution is -2.34. The van der Waals surface area contributed by atoms with Crippen LogP contribution >= 0.6 is 11.6 Å². The Morgan fingerprint density at radius 2 is 2.10 bits per heavy atom. The summed E-state index contributed by atoms with van der Waals surface area (Å²) in [5, 5.41) is 22.8. The Morgan fingerprint density at radius 1 is 1.50 bits per heavy atom. The molecule has 7 heteroatoms. The topological polar surface area (TPSA) is 96.0 Å². The fraction of sp³-hybridized carbons (Fsp3) is 0.385. The minimum atomic E-state index is -1.19. The molecule has 1 N–H and O–H groups in total. The van der Waals surface area contributed by atoms with Gasteiger partial charge in [-0.3, -0.25) is 14.9 Å². The normalized spacial score (nSPS) is 10.7. The van der Waals surface area contributed by atoms with E-state index < -0.39 is 16.2 Å². The number of amides is 1. The number of anilines is 1. The van der Waals surface area contributed by atoms with Crippen LogP contribution in [0.2, 0.25) is 5.02 Å². The molecule has 0 aliphatic heterocycles.